The summed E-state index contributed by atoms with van der Waals surface area (Å²) in [6.07, 6.45) is 5.73. The molecule has 0 aliphatic rings. The minimum absolute atomic E-state index is 0.00555. The molecule has 0 aliphatic heterocycles. The number of methoxy groups -OCH3 is 2. The van der Waals surface area contributed by atoms with E-state index in [1.807, 2.05) is 0 Å². The van der Waals surface area contributed by atoms with Gasteiger partial charge in [0.15, 0.2) is 0 Å². The first-order valence-corrected chi connectivity index (χ1v) is 26.1. The minimum atomic E-state index is -4.31. The molecule has 76 heavy (non-hydrogen) atoms. The lowest BCUT2D eigenvalue weighted by atomic mass is 10.0. The number of nitrogens with zero attached hydrogens (tertiary/aromatic N) is 6. The molecule has 0 saturated carbocycles. The van der Waals surface area contributed by atoms with Crippen molar-refractivity contribution < 1.29 is 44.7 Å². The maximum atomic E-state index is 14.6. The van der Waals surface area contributed by atoms with Crippen molar-refractivity contribution in [1.82, 2.24) is 39.7 Å². The number of hydrogen-bond donors (Lipinski definition) is 4. The zero-order valence-corrected chi connectivity index (χ0v) is 43.9. The van der Waals surface area contributed by atoms with E-state index in [2.05, 4.69) is 40.0 Å². The molecule has 0 unspecified atom stereocenters. The zero-order valence-electron chi connectivity index (χ0n) is 42.3. The van der Waals surface area contributed by atoms with Crippen LogP contribution in [0.5, 0.6) is 11.8 Å². The number of aromatic nitrogens is 6. The highest BCUT2D eigenvalue weighted by atomic mass is 32.2. The second-order valence-electron chi connectivity index (χ2n) is 17.4. The van der Waals surface area contributed by atoms with Gasteiger partial charge in [0.25, 0.3) is 31.2 Å². The summed E-state index contributed by atoms with van der Waals surface area (Å²) in [5.41, 5.74) is 2.69. The molecule has 4 N–H and O–H groups in total. The van der Waals surface area contributed by atoms with Crippen molar-refractivity contribution in [3.63, 3.8) is 0 Å². The Morgan fingerprint density at radius 3 is 1.32 bits per heavy atom. The van der Waals surface area contributed by atoms with E-state index in [-0.39, 0.29) is 70.3 Å². The SMILES string of the molecule is CNC(=O)[C@@H](C)Cn1cnc2ccc(-c3cnc(OC)c(NS(=O)(=O)c4cccc(C)c4F)c3)cc2c1=O.CNC(=O)[C@H](C)Cn1cnc2ccc(-c3cnc(OC)c(NS(=O)(=O)c4cccc(C)c4F)c3)cc2c1=O. The Bertz CT molecular complexity index is 3660. The fourth-order valence-corrected chi connectivity index (χ4v) is 10.3. The molecule has 0 saturated heterocycles. The lowest BCUT2D eigenvalue weighted by Gasteiger charge is -2.14. The van der Waals surface area contributed by atoms with Crippen LogP contribution in [0.3, 0.4) is 0 Å². The van der Waals surface area contributed by atoms with Crippen LogP contribution < -0.4 is 40.7 Å². The lowest BCUT2D eigenvalue weighted by Crippen LogP contribution is -2.32. The Kier molecular flexibility index (Phi) is 16.6. The van der Waals surface area contributed by atoms with Crippen LogP contribution >= 0.6 is 0 Å². The van der Waals surface area contributed by atoms with Gasteiger partial charge in [-0.05, 0) is 84.6 Å². The fourth-order valence-electron chi connectivity index (χ4n) is 7.93. The van der Waals surface area contributed by atoms with Crippen LogP contribution in [0.15, 0.2) is 129 Å². The van der Waals surface area contributed by atoms with Crippen LogP contribution in [0.4, 0.5) is 20.2 Å². The van der Waals surface area contributed by atoms with Gasteiger partial charge >= 0.3 is 0 Å². The predicted molar refractivity (Wildman–Crippen MR) is 282 cm³/mol. The number of hydrogen-bond acceptors (Lipinski definition) is 14. The number of halogens is 2. The molecule has 8 aromatic rings. The molecule has 0 fully saturated rings. The molecular weight excluding hydrogens is 1030 g/mol. The third-order valence-corrected chi connectivity index (χ3v) is 14.9. The maximum Gasteiger partial charge on any atom is 0.265 e. The van der Waals surface area contributed by atoms with Gasteiger partial charge in [-0.25, -0.2) is 45.6 Å². The van der Waals surface area contributed by atoms with E-state index in [9.17, 15) is 44.8 Å². The van der Waals surface area contributed by atoms with Crippen molar-refractivity contribution >= 4 is 65.0 Å². The van der Waals surface area contributed by atoms with Crippen molar-refractivity contribution in [1.29, 1.82) is 0 Å². The molecule has 2 amide bonds. The smallest absolute Gasteiger partial charge is 0.265 e. The number of anilines is 2. The standard InChI is InChI=1S/2C26H26FN5O5S/c2*1-15-6-5-7-22(23(15)27)38(35,36)31-21-11-18(12-29-25(21)37-4)17-8-9-20-19(10-17)26(34)32(14-30-20)13-16(2)24(33)28-3/h2*5-12,14,16,31H,13H2,1-4H3,(H,28,33)/t2*16-/m10/s1. The van der Waals surface area contributed by atoms with Crippen molar-refractivity contribution in [3.05, 3.63) is 153 Å². The van der Waals surface area contributed by atoms with Gasteiger partial charge in [0.05, 0.1) is 60.5 Å². The van der Waals surface area contributed by atoms with Crippen molar-refractivity contribution in [2.75, 3.05) is 37.8 Å². The number of fused-ring (bicyclic) bond motifs is 2. The summed E-state index contributed by atoms with van der Waals surface area (Å²) < 4.78 is 99.0. The lowest BCUT2D eigenvalue weighted by molar-refractivity contribution is -0.125. The van der Waals surface area contributed by atoms with Crippen LogP contribution in [0.25, 0.3) is 44.1 Å². The van der Waals surface area contributed by atoms with Gasteiger partial charge in [-0.1, -0.05) is 50.2 Å². The van der Waals surface area contributed by atoms with Crippen molar-refractivity contribution in [2.24, 2.45) is 11.8 Å². The number of pyridine rings is 2. The quantitative estimate of drug-likeness (QED) is 0.0841. The monoisotopic (exact) mass is 1080 g/mol. The van der Waals surface area contributed by atoms with E-state index in [0.717, 1.165) is 0 Å². The molecule has 4 aromatic carbocycles. The van der Waals surface area contributed by atoms with Gasteiger partial charge in [-0.15, -0.1) is 0 Å². The molecule has 4 heterocycles. The zero-order chi connectivity index (χ0) is 55.2. The number of amides is 2. The molecule has 24 heteroatoms. The molecule has 2 atom stereocenters. The topological polar surface area (TPSA) is 265 Å². The normalized spacial score (nSPS) is 12.2. The average molecular weight is 1080 g/mol. The van der Waals surface area contributed by atoms with Crippen LogP contribution in [-0.4, -0.2) is 86.0 Å². The predicted octanol–water partition coefficient (Wildman–Crippen LogP) is 6.20. The van der Waals surface area contributed by atoms with E-state index in [0.29, 0.717) is 44.1 Å². The number of carbonyl (C=O) groups is 2. The molecule has 0 radical (unpaired) electrons. The first kappa shape index (κ1) is 55.1. The van der Waals surface area contributed by atoms with E-state index < -0.39 is 53.3 Å². The highest BCUT2D eigenvalue weighted by Gasteiger charge is 2.25. The van der Waals surface area contributed by atoms with Gasteiger partial charge in [0.1, 0.15) is 32.8 Å². The largest absolute Gasteiger partial charge is 0.480 e. The molecule has 4 aromatic heterocycles. The molecule has 0 spiro atoms. The molecule has 396 valence electrons. The summed E-state index contributed by atoms with van der Waals surface area (Å²) in [4.78, 5) is 66.2. The molecular formula is C52H52F2N10O10S2. The highest BCUT2D eigenvalue weighted by molar-refractivity contribution is 7.93. The molecule has 20 nitrogen and oxygen atoms in total. The number of rotatable bonds is 16. The molecule has 8 rings (SSSR count). The summed E-state index contributed by atoms with van der Waals surface area (Å²) in [6.45, 7) is 6.66. The Labute approximate surface area is 435 Å². The number of benzene rings is 4. The first-order valence-electron chi connectivity index (χ1n) is 23.2. The number of nitrogens with one attached hydrogen (secondary N) is 4. The Hall–Kier alpha value is -8.64. The van der Waals surface area contributed by atoms with E-state index in [1.54, 1.807) is 50.2 Å². The maximum absolute atomic E-state index is 14.6. The van der Waals surface area contributed by atoms with Gasteiger partial charge in [-0.2, -0.15) is 0 Å². The summed E-state index contributed by atoms with van der Waals surface area (Å²) in [6, 6.07) is 21.1. The average Bonchev–Trinajstić information content (AvgIpc) is 3.40. The third kappa shape index (κ3) is 11.8. The van der Waals surface area contributed by atoms with Gasteiger partial charge < -0.3 is 20.1 Å². The third-order valence-electron chi connectivity index (χ3n) is 12.1. The highest BCUT2D eigenvalue weighted by Crippen LogP contribution is 2.34. The van der Waals surface area contributed by atoms with Crippen LogP contribution in [0.2, 0.25) is 0 Å². The van der Waals surface area contributed by atoms with Crippen LogP contribution in [-0.2, 0) is 42.7 Å². The van der Waals surface area contributed by atoms with Gasteiger partial charge in [0.2, 0.25) is 23.6 Å². The number of aryl methyl sites for hydroxylation is 2. The second kappa shape index (κ2) is 22.9. The number of carbonyl (C=O) groups excluding carboxylic acids is 2. The van der Waals surface area contributed by atoms with Gasteiger partial charge in [0, 0.05) is 50.7 Å². The van der Waals surface area contributed by atoms with Crippen LogP contribution in [0, 0.1) is 37.3 Å². The Balaban J connectivity index is 0.000000221. The minimum Gasteiger partial charge on any atom is -0.480 e. The second-order valence-corrected chi connectivity index (χ2v) is 20.7. The summed E-state index contributed by atoms with van der Waals surface area (Å²) >= 11 is 0. The van der Waals surface area contributed by atoms with Crippen molar-refractivity contribution in [2.45, 2.75) is 50.6 Å². The summed E-state index contributed by atoms with van der Waals surface area (Å²) in [5, 5.41) is 5.74. The van der Waals surface area contributed by atoms with E-state index in [4.69, 9.17) is 9.47 Å². The first-order chi connectivity index (χ1) is 36.1. The number of sulfonamides is 2. The van der Waals surface area contributed by atoms with Crippen molar-refractivity contribution in [3.8, 4) is 34.0 Å². The van der Waals surface area contributed by atoms with Crippen LogP contribution in [0.1, 0.15) is 25.0 Å². The van der Waals surface area contributed by atoms with Gasteiger partial charge in [-0.3, -0.25) is 37.8 Å². The Morgan fingerprint density at radius 2 is 0.961 bits per heavy atom. The van der Waals surface area contributed by atoms with E-state index in [1.165, 1.54) is 125 Å². The summed E-state index contributed by atoms with van der Waals surface area (Å²) in [7, 11) is -2.90. The molecule has 0 bridgehead atoms. The molecule has 0 aliphatic carbocycles. The Morgan fingerprint density at radius 1 is 0.579 bits per heavy atom. The van der Waals surface area contributed by atoms with E-state index >= 15 is 0 Å². The number of ether oxygens (including phenoxy) is 2. The fraction of sp³-hybridized carbons (Fsp3) is 0.231. The summed E-state index contributed by atoms with van der Waals surface area (Å²) in [5.74, 6) is -3.03.